The van der Waals surface area contributed by atoms with Crippen molar-refractivity contribution < 1.29 is 14.7 Å². The van der Waals surface area contributed by atoms with Gasteiger partial charge in [0.2, 0.25) is 5.91 Å². The zero-order valence-electron chi connectivity index (χ0n) is 11.1. The van der Waals surface area contributed by atoms with Gasteiger partial charge in [0.15, 0.2) is 0 Å². The summed E-state index contributed by atoms with van der Waals surface area (Å²) in [6, 6.07) is -1.03. The molecule has 1 atom stereocenters. The summed E-state index contributed by atoms with van der Waals surface area (Å²) in [5.41, 5.74) is -0.709. The van der Waals surface area contributed by atoms with Gasteiger partial charge in [-0.05, 0) is 19.8 Å². The Hall–Kier alpha value is -1.14. The molecule has 1 aliphatic carbocycles. The Morgan fingerprint density at radius 2 is 1.89 bits per heavy atom. The molecular weight excluding hydrogens is 234 g/mol. The predicted octanol–water partition coefficient (Wildman–Crippen LogP) is 0.115. The Bertz CT molecular complexity index is 301. The van der Waals surface area contributed by atoms with Gasteiger partial charge in [-0.3, -0.25) is 10.1 Å². The van der Waals surface area contributed by atoms with Gasteiger partial charge in [0.1, 0.15) is 0 Å². The van der Waals surface area contributed by atoms with Gasteiger partial charge in [-0.1, -0.05) is 19.3 Å². The predicted molar refractivity (Wildman–Crippen MR) is 68.1 cm³/mol. The molecule has 0 radical (unpaired) electrons. The summed E-state index contributed by atoms with van der Waals surface area (Å²) in [7, 11) is 1.45. The fourth-order valence-corrected chi connectivity index (χ4v) is 2.11. The van der Waals surface area contributed by atoms with E-state index < -0.39 is 23.6 Å². The van der Waals surface area contributed by atoms with Crippen molar-refractivity contribution in [1.29, 1.82) is 0 Å². The molecule has 0 heterocycles. The Morgan fingerprint density at radius 3 is 2.44 bits per heavy atom. The molecule has 0 saturated heterocycles. The van der Waals surface area contributed by atoms with E-state index in [0.29, 0.717) is 6.54 Å². The molecule has 0 aliphatic heterocycles. The van der Waals surface area contributed by atoms with E-state index in [-0.39, 0.29) is 0 Å². The molecule has 0 aromatic carbocycles. The molecule has 104 valence electrons. The van der Waals surface area contributed by atoms with Gasteiger partial charge in [0, 0.05) is 13.6 Å². The molecule has 0 aromatic rings. The second-order valence-electron chi connectivity index (χ2n) is 4.96. The van der Waals surface area contributed by atoms with Crippen LogP contribution in [0, 0.1) is 0 Å². The van der Waals surface area contributed by atoms with Crippen molar-refractivity contribution in [3.63, 3.8) is 0 Å². The van der Waals surface area contributed by atoms with E-state index in [2.05, 4.69) is 16.0 Å². The van der Waals surface area contributed by atoms with Crippen LogP contribution in [0.15, 0.2) is 0 Å². The highest BCUT2D eigenvalue weighted by Gasteiger charge is 2.30. The molecular formula is C12H23N3O3. The van der Waals surface area contributed by atoms with E-state index in [1.807, 2.05) is 0 Å². The van der Waals surface area contributed by atoms with Crippen LogP contribution in [-0.4, -0.2) is 42.3 Å². The van der Waals surface area contributed by atoms with Gasteiger partial charge in [-0.25, -0.2) is 4.79 Å². The standard InChI is InChI=1S/C12H23N3O3/c1-9(10(16)15-11(17)13-2)14-8-12(18)6-4-3-5-7-12/h9,14,18H,3-8H2,1-2H3,(H2,13,15,16,17). The summed E-state index contributed by atoms with van der Waals surface area (Å²) in [4.78, 5) is 22.5. The fraction of sp³-hybridized carbons (Fsp3) is 0.833. The molecule has 4 N–H and O–H groups in total. The number of urea groups is 1. The average molecular weight is 257 g/mol. The summed E-state index contributed by atoms with van der Waals surface area (Å²) in [6.07, 6.45) is 4.75. The monoisotopic (exact) mass is 257 g/mol. The summed E-state index contributed by atoms with van der Waals surface area (Å²) in [5, 5.41) is 17.7. The van der Waals surface area contributed by atoms with Crippen LogP contribution >= 0.6 is 0 Å². The molecule has 1 aliphatic rings. The molecule has 3 amide bonds. The number of rotatable bonds is 4. The van der Waals surface area contributed by atoms with Gasteiger partial charge >= 0.3 is 6.03 Å². The third-order valence-corrected chi connectivity index (χ3v) is 3.38. The van der Waals surface area contributed by atoms with Crippen LogP contribution in [0.4, 0.5) is 4.79 Å². The quantitative estimate of drug-likeness (QED) is 0.575. The topological polar surface area (TPSA) is 90.5 Å². The second-order valence-corrected chi connectivity index (χ2v) is 4.96. The maximum Gasteiger partial charge on any atom is 0.321 e. The van der Waals surface area contributed by atoms with Crippen LogP contribution < -0.4 is 16.0 Å². The van der Waals surface area contributed by atoms with Crippen LogP contribution in [0.3, 0.4) is 0 Å². The zero-order valence-corrected chi connectivity index (χ0v) is 11.1. The number of carbonyl (C=O) groups is 2. The van der Waals surface area contributed by atoms with E-state index in [1.165, 1.54) is 7.05 Å². The SMILES string of the molecule is CNC(=O)NC(=O)C(C)NCC1(O)CCCCC1. The second kappa shape index (κ2) is 6.70. The highest BCUT2D eigenvalue weighted by Crippen LogP contribution is 2.27. The summed E-state index contributed by atoms with van der Waals surface area (Å²) < 4.78 is 0. The van der Waals surface area contributed by atoms with Gasteiger partial charge in [0.05, 0.1) is 11.6 Å². The third-order valence-electron chi connectivity index (χ3n) is 3.38. The molecule has 0 aromatic heterocycles. The van der Waals surface area contributed by atoms with Crippen molar-refractivity contribution in [2.75, 3.05) is 13.6 Å². The molecule has 6 heteroatoms. The van der Waals surface area contributed by atoms with E-state index in [9.17, 15) is 14.7 Å². The van der Waals surface area contributed by atoms with Crippen LogP contribution in [0.2, 0.25) is 0 Å². The Labute approximate surface area is 108 Å². The summed E-state index contributed by atoms with van der Waals surface area (Å²) in [5.74, 6) is -0.395. The van der Waals surface area contributed by atoms with Crippen LogP contribution in [0.5, 0.6) is 0 Å². The van der Waals surface area contributed by atoms with Crippen molar-refractivity contribution in [2.45, 2.75) is 50.7 Å². The van der Waals surface area contributed by atoms with E-state index in [1.54, 1.807) is 6.92 Å². The normalized spacial score (nSPS) is 19.9. The fourth-order valence-electron chi connectivity index (χ4n) is 2.11. The third kappa shape index (κ3) is 4.62. The number of imide groups is 1. The zero-order chi connectivity index (χ0) is 13.6. The number of hydrogen-bond donors (Lipinski definition) is 4. The Kier molecular flexibility index (Phi) is 5.55. The van der Waals surface area contributed by atoms with Crippen molar-refractivity contribution in [3.8, 4) is 0 Å². The highest BCUT2D eigenvalue weighted by molar-refractivity contribution is 5.96. The van der Waals surface area contributed by atoms with Gasteiger partial charge < -0.3 is 15.7 Å². The lowest BCUT2D eigenvalue weighted by atomic mass is 9.85. The Balaban J connectivity index is 2.33. The molecule has 1 saturated carbocycles. The minimum Gasteiger partial charge on any atom is -0.389 e. The molecule has 18 heavy (non-hydrogen) atoms. The lowest BCUT2D eigenvalue weighted by Crippen LogP contribution is -2.51. The number of hydrogen-bond acceptors (Lipinski definition) is 4. The highest BCUT2D eigenvalue weighted by atomic mass is 16.3. The number of carbonyl (C=O) groups excluding carboxylic acids is 2. The molecule has 1 fully saturated rings. The van der Waals surface area contributed by atoms with Crippen molar-refractivity contribution in [3.05, 3.63) is 0 Å². The van der Waals surface area contributed by atoms with Gasteiger partial charge in [0.25, 0.3) is 0 Å². The summed E-state index contributed by atoms with van der Waals surface area (Å²) in [6.45, 7) is 2.06. The largest absolute Gasteiger partial charge is 0.389 e. The maximum atomic E-state index is 11.6. The van der Waals surface area contributed by atoms with Crippen LogP contribution in [0.1, 0.15) is 39.0 Å². The smallest absolute Gasteiger partial charge is 0.321 e. The van der Waals surface area contributed by atoms with Gasteiger partial charge in [-0.2, -0.15) is 0 Å². The first-order valence-electron chi connectivity index (χ1n) is 6.45. The minimum absolute atomic E-state index is 0.384. The van der Waals surface area contributed by atoms with Crippen LogP contribution in [-0.2, 0) is 4.79 Å². The first-order valence-corrected chi connectivity index (χ1v) is 6.45. The molecule has 1 unspecified atom stereocenters. The van der Waals surface area contributed by atoms with E-state index in [4.69, 9.17) is 0 Å². The summed E-state index contributed by atoms with van der Waals surface area (Å²) >= 11 is 0. The van der Waals surface area contributed by atoms with Crippen molar-refractivity contribution >= 4 is 11.9 Å². The number of nitrogens with one attached hydrogen (secondary N) is 3. The molecule has 6 nitrogen and oxygen atoms in total. The van der Waals surface area contributed by atoms with Crippen molar-refractivity contribution in [2.24, 2.45) is 0 Å². The van der Waals surface area contributed by atoms with Gasteiger partial charge in [-0.15, -0.1) is 0 Å². The first-order chi connectivity index (χ1) is 8.47. The lowest BCUT2D eigenvalue weighted by Gasteiger charge is -2.33. The number of amides is 3. The van der Waals surface area contributed by atoms with Crippen molar-refractivity contribution in [1.82, 2.24) is 16.0 Å². The lowest BCUT2D eigenvalue weighted by molar-refractivity contribution is -0.122. The average Bonchev–Trinajstić information content (AvgIpc) is 2.36. The molecule has 0 bridgehead atoms. The number of aliphatic hydroxyl groups is 1. The van der Waals surface area contributed by atoms with E-state index in [0.717, 1.165) is 32.1 Å². The minimum atomic E-state index is -0.709. The van der Waals surface area contributed by atoms with E-state index >= 15 is 0 Å². The maximum absolute atomic E-state index is 11.6. The van der Waals surface area contributed by atoms with Crippen LogP contribution in [0.25, 0.3) is 0 Å². The first kappa shape index (κ1) is 14.9. The molecule has 0 spiro atoms. The Morgan fingerprint density at radius 1 is 1.28 bits per heavy atom. The molecule has 1 rings (SSSR count).